The molecule has 34 heavy (non-hydrogen) atoms. The van der Waals surface area contributed by atoms with Crippen LogP contribution in [0.15, 0.2) is 65.2 Å². The van der Waals surface area contributed by atoms with Crippen LogP contribution >= 0.6 is 11.6 Å². The van der Waals surface area contributed by atoms with Crippen molar-refractivity contribution in [3.05, 3.63) is 82.5 Å². The van der Waals surface area contributed by atoms with E-state index in [1.165, 1.54) is 12.8 Å². The summed E-state index contributed by atoms with van der Waals surface area (Å²) in [4.78, 5) is 12.6. The minimum Gasteiger partial charge on any atom is -0.441 e. The molecule has 1 aromatic heterocycles. The van der Waals surface area contributed by atoms with Gasteiger partial charge in [-0.1, -0.05) is 65.0 Å². The topological polar surface area (TPSA) is 64.4 Å². The summed E-state index contributed by atoms with van der Waals surface area (Å²) >= 11 is 6.22. The molecular formula is C28H23ClN2O3. The third-order valence-electron chi connectivity index (χ3n) is 5.82. The Labute approximate surface area is 203 Å². The van der Waals surface area contributed by atoms with Crippen LogP contribution in [0.25, 0.3) is 22.1 Å². The highest BCUT2D eigenvalue weighted by atomic mass is 35.5. The summed E-state index contributed by atoms with van der Waals surface area (Å²) in [6.45, 7) is 3.54. The van der Waals surface area contributed by atoms with E-state index in [1.54, 1.807) is 19.9 Å². The van der Waals surface area contributed by atoms with Crippen LogP contribution in [0.5, 0.6) is 0 Å². The van der Waals surface area contributed by atoms with Gasteiger partial charge in [-0.2, -0.15) is 0 Å². The first-order valence-corrected chi connectivity index (χ1v) is 11.6. The lowest BCUT2D eigenvalue weighted by atomic mass is 10.0. The molecule has 170 valence electrons. The Kier molecular flexibility index (Phi) is 6.00. The fourth-order valence-corrected chi connectivity index (χ4v) is 4.04. The zero-order chi connectivity index (χ0) is 23.7. The number of carbonyl (C=O) groups excluding carboxylic acids is 1. The molecule has 0 aliphatic heterocycles. The van der Waals surface area contributed by atoms with E-state index in [0.29, 0.717) is 28.1 Å². The van der Waals surface area contributed by atoms with Gasteiger partial charge in [0.1, 0.15) is 17.5 Å². The van der Waals surface area contributed by atoms with Crippen molar-refractivity contribution >= 4 is 34.2 Å². The number of anilines is 1. The van der Waals surface area contributed by atoms with Crippen molar-refractivity contribution in [2.75, 3.05) is 5.32 Å². The van der Waals surface area contributed by atoms with Gasteiger partial charge < -0.3 is 9.26 Å². The minimum absolute atomic E-state index is 0.472. The number of amides is 1. The van der Waals surface area contributed by atoms with Crippen molar-refractivity contribution in [2.45, 2.75) is 32.8 Å². The molecule has 6 heteroatoms. The maximum absolute atomic E-state index is 12.6. The number of aryl methyl sites for hydroxylation is 1. The van der Waals surface area contributed by atoms with Gasteiger partial charge in [-0.15, -0.1) is 0 Å². The summed E-state index contributed by atoms with van der Waals surface area (Å²) in [6.07, 6.45) is 1.29. The number of carbonyl (C=O) groups is 1. The highest BCUT2D eigenvalue weighted by molar-refractivity contribution is 6.31. The molecule has 1 N–H and O–H groups in total. The van der Waals surface area contributed by atoms with Crippen LogP contribution in [-0.2, 0) is 4.74 Å². The van der Waals surface area contributed by atoms with Crippen LogP contribution in [-0.4, -0.2) is 11.2 Å². The van der Waals surface area contributed by atoms with E-state index in [2.05, 4.69) is 28.4 Å². The van der Waals surface area contributed by atoms with Crippen molar-refractivity contribution in [1.29, 1.82) is 0 Å². The predicted molar refractivity (Wildman–Crippen MR) is 134 cm³/mol. The van der Waals surface area contributed by atoms with Gasteiger partial charge in [0.15, 0.2) is 5.76 Å². The molecule has 1 fully saturated rings. The highest BCUT2D eigenvalue weighted by Gasteiger charge is 2.21. The molecule has 3 aromatic carbocycles. The number of hydrogen-bond donors (Lipinski definition) is 1. The van der Waals surface area contributed by atoms with E-state index >= 15 is 0 Å². The molecule has 0 saturated heterocycles. The molecule has 5 rings (SSSR count). The summed E-state index contributed by atoms with van der Waals surface area (Å²) in [5.41, 5.74) is 3.59. The smallest absolute Gasteiger partial charge is 0.412 e. The fourth-order valence-electron chi connectivity index (χ4n) is 3.75. The van der Waals surface area contributed by atoms with Crippen LogP contribution in [0.2, 0.25) is 5.02 Å². The number of hydrogen-bond acceptors (Lipinski definition) is 4. The first kappa shape index (κ1) is 22.1. The van der Waals surface area contributed by atoms with Crippen LogP contribution in [0.1, 0.15) is 42.7 Å². The lowest BCUT2D eigenvalue weighted by Crippen LogP contribution is -2.17. The average Bonchev–Trinajstić information content (AvgIpc) is 3.60. The number of rotatable bonds is 4. The van der Waals surface area contributed by atoms with Crippen LogP contribution in [0.4, 0.5) is 10.5 Å². The second-order valence-corrected chi connectivity index (χ2v) is 8.89. The Morgan fingerprint density at radius 3 is 2.71 bits per heavy atom. The maximum Gasteiger partial charge on any atom is 0.412 e. The van der Waals surface area contributed by atoms with Gasteiger partial charge in [-0.3, -0.25) is 5.32 Å². The van der Waals surface area contributed by atoms with E-state index in [0.717, 1.165) is 27.5 Å². The molecule has 5 nitrogen and oxygen atoms in total. The van der Waals surface area contributed by atoms with Crippen molar-refractivity contribution in [3.8, 4) is 23.2 Å². The molecular weight excluding hydrogens is 448 g/mol. The lowest BCUT2D eigenvalue weighted by Gasteiger charge is -2.15. The van der Waals surface area contributed by atoms with E-state index in [1.807, 2.05) is 48.5 Å². The van der Waals surface area contributed by atoms with Gasteiger partial charge in [0.2, 0.25) is 0 Å². The van der Waals surface area contributed by atoms with Crippen molar-refractivity contribution in [2.24, 2.45) is 5.92 Å². The Hall–Kier alpha value is -3.75. The first-order valence-electron chi connectivity index (χ1n) is 11.2. The number of fused-ring (bicyclic) bond motifs is 1. The van der Waals surface area contributed by atoms with Gasteiger partial charge in [-0.25, -0.2) is 4.79 Å². The third-order valence-corrected chi connectivity index (χ3v) is 6.16. The van der Waals surface area contributed by atoms with E-state index < -0.39 is 12.2 Å². The zero-order valence-corrected chi connectivity index (χ0v) is 19.6. The Morgan fingerprint density at radius 1 is 1.15 bits per heavy atom. The molecule has 1 heterocycles. The number of nitrogens with one attached hydrogen (secondary N) is 1. The molecule has 4 aromatic rings. The van der Waals surface area contributed by atoms with Gasteiger partial charge in [0.25, 0.3) is 0 Å². The largest absolute Gasteiger partial charge is 0.441 e. The van der Waals surface area contributed by atoms with E-state index in [-0.39, 0.29) is 0 Å². The summed E-state index contributed by atoms with van der Waals surface area (Å²) in [6, 6.07) is 19.4. The average molecular weight is 471 g/mol. The molecule has 0 radical (unpaired) electrons. The molecule has 1 aliphatic carbocycles. The number of nitrogens with zero attached hydrogens (tertiary/aromatic N) is 1. The summed E-state index contributed by atoms with van der Waals surface area (Å²) in [5.74, 6) is 7.60. The summed E-state index contributed by atoms with van der Waals surface area (Å²) < 4.78 is 11.1. The summed E-state index contributed by atoms with van der Waals surface area (Å²) in [7, 11) is 0. The minimum atomic E-state index is -0.611. The second-order valence-electron chi connectivity index (χ2n) is 8.49. The van der Waals surface area contributed by atoms with Gasteiger partial charge in [0, 0.05) is 27.6 Å². The SMILES string of the molecule is Cc1noc(-c2ccc3cc(C#CC4CC4)ccc3c2)c1NC(=O)O[C@H](C)c1ccccc1Cl. The fraction of sp³-hybridized carbons (Fsp3) is 0.214. The Bertz CT molecular complexity index is 1440. The molecule has 0 bridgehead atoms. The molecule has 1 atom stereocenters. The highest BCUT2D eigenvalue weighted by Crippen LogP contribution is 2.34. The van der Waals surface area contributed by atoms with E-state index in [4.69, 9.17) is 20.9 Å². The zero-order valence-electron chi connectivity index (χ0n) is 18.9. The normalized spacial score (nSPS) is 13.7. The number of halogens is 1. The van der Waals surface area contributed by atoms with Gasteiger partial charge in [-0.05, 0) is 61.7 Å². The van der Waals surface area contributed by atoms with E-state index in [9.17, 15) is 4.79 Å². The third kappa shape index (κ3) is 4.78. The Balaban J connectivity index is 1.36. The van der Waals surface area contributed by atoms with Crippen LogP contribution < -0.4 is 5.32 Å². The Morgan fingerprint density at radius 2 is 1.91 bits per heavy atom. The number of aromatic nitrogens is 1. The second kappa shape index (κ2) is 9.24. The van der Waals surface area contributed by atoms with Crippen molar-refractivity contribution in [3.63, 3.8) is 0 Å². The molecule has 1 saturated carbocycles. The number of ether oxygens (including phenoxy) is 1. The molecule has 1 aliphatic rings. The summed E-state index contributed by atoms with van der Waals surface area (Å²) in [5, 5.41) is 9.52. The van der Waals surface area contributed by atoms with Crippen molar-refractivity contribution in [1.82, 2.24) is 5.16 Å². The maximum atomic E-state index is 12.6. The number of benzene rings is 3. The molecule has 0 unspecified atom stereocenters. The standard InChI is InChI=1S/C28H23ClN2O3/c1-17-26(30-28(32)33-18(2)24-5-3-4-6-25(24)29)27(34-31-17)23-14-13-21-15-20(10-9-19-7-8-19)11-12-22(21)16-23/h3-6,11-16,18-19H,7-8H2,1-2H3,(H,30,32)/t18-/m1/s1. The van der Waals surface area contributed by atoms with Crippen molar-refractivity contribution < 1.29 is 14.1 Å². The van der Waals surface area contributed by atoms with Gasteiger partial charge in [0.05, 0.1) is 0 Å². The first-order chi connectivity index (χ1) is 16.5. The molecule has 0 spiro atoms. The van der Waals surface area contributed by atoms with Crippen LogP contribution in [0.3, 0.4) is 0 Å². The molecule has 1 amide bonds. The van der Waals surface area contributed by atoms with Gasteiger partial charge >= 0.3 is 6.09 Å². The predicted octanol–water partition coefficient (Wildman–Crippen LogP) is 7.53. The lowest BCUT2D eigenvalue weighted by molar-refractivity contribution is 0.121. The quantitative estimate of drug-likeness (QED) is 0.313. The monoisotopic (exact) mass is 470 g/mol. The van der Waals surface area contributed by atoms with Crippen LogP contribution in [0, 0.1) is 24.7 Å².